The second-order valence-corrected chi connectivity index (χ2v) is 10.9. The van der Waals surface area contributed by atoms with Gasteiger partial charge in [0.25, 0.3) is 0 Å². The molecule has 0 bridgehead atoms. The highest BCUT2D eigenvalue weighted by Gasteiger charge is 2.42. The van der Waals surface area contributed by atoms with E-state index in [1.807, 2.05) is 19.1 Å². The Morgan fingerprint density at radius 1 is 1.16 bits per heavy atom. The Morgan fingerprint density at radius 3 is 2.68 bits per heavy atom. The number of rotatable bonds is 7. The number of halogens is 4. The van der Waals surface area contributed by atoms with Crippen molar-refractivity contribution in [1.29, 1.82) is 0 Å². The quantitative estimate of drug-likeness (QED) is 0.414. The minimum atomic E-state index is -4.31. The fourth-order valence-corrected chi connectivity index (χ4v) is 6.35. The van der Waals surface area contributed by atoms with E-state index < -0.39 is 18.8 Å². The summed E-state index contributed by atoms with van der Waals surface area (Å²) in [5, 5.41) is 4.63. The van der Waals surface area contributed by atoms with Gasteiger partial charge in [-0.25, -0.2) is 0 Å². The zero-order valence-electron chi connectivity index (χ0n) is 21.0. The number of fused-ring (bicyclic) bond motifs is 4. The molecule has 2 aliphatic heterocycles. The van der Waals surface area contributed by atoms with Gasteiger partial charge in [-0.2, -0.15) is 13.2 Å². The number of anilines is 1. The normalized spacial score (nSPS) is 24.2. The number of nitrogens with one attached hydrogen (secondary N) is 2. The second-order valence-electron chi connectivity index (χ2n) is 10.9. The Hall–Kier alpha value is -2.65. The number of aromatic amines is 1. The number of pyridine rings is 1. The molecule has 37 heavy (non-hydrogen) atoms. The predicted molar refractivity (Wildman–Crippen MR) is 137 cm³/mol. The highest BCUT2D eigenvalue weighted by atomic mass is 19.4. The molecule has 1 fully saturated rings. The fourth-order valence-electron chi connectivity index (χ4n) is 6.35. The molecule has 4 heterocycles. The largest absolute Gasteiger partial charge is 0.401 e. The Bertz CT molecular complexity index is 1270. The third kappa shape index (κ3) is 4.83. The van der Waals surface area contributed by atoms with E-state index in [1.165, 1.54) is 16.0 Å². The maximum absolute atomic E-state index is 13.7. The van der Waals surface area contributed by atoms with Crippen LogP contribution in [0.25, 0.3) is 10.9 Å². The van der Waals surface area contributed by atoms with E-state index in [2.05, 4.69) is 32.3 Å². The van der Waals surface area contributed by atoms with Crippen LogP contribution in [-0.2, 0) is 19.3 Å². The number of nitrogens with zero attached hydrogens (tertiary/aromatic N) is 3. The Morgan fingerprint density at radius 2 is 1.97 bits per heavy atom. The summed E-state index contributed by atoms with van der Waals surface area (Å²) in [5.74, 6) is 0. The van der Waals surface area contributed by atoms with Crippen LogP contribution in [0.3, 0.4) is 0 Å². The predicted octanol–water partition coefficient (Wildman–Crippen LogP) is 5.41. The maximum Gasteiger partial charge on any atom is 0.401 e. The lowest BCUT2D eigenvalue weighted by atomic mass is 9.85. The van der Waals surface area contributed by atoms with Gasteiger partial charge in [-0.1, -0.05) is 0 Å². The molecule has 0 saturated carbocycles. The topological polar surface area (TPSA) is 47.2 Å². The van der Waals surface area contributed by atoms with Crippen molar-refractivity contribution in [2.45, 2.75) is 63.3 Å². The second kappa shape index (κ2) is 9.58. The fraction of sp³-hybridized carbons (Fsp3) is 0.536. The van der Waals surface area contributed by atoms with Crippen molar-refractivity contribution < 1.29 is 17.6 Å². The van der Waals surface area contributed by atoms with E-state index in [4.69, 9.17) is 0 Å². The number of hydrogen-bond donors (Lipinski definition) is 2. The lowest BCUT2D eigenvalue weighted by Gasteiger charge is -2.40. The minimum absolute atomic E-state index is 0.252. The molecule has 3 atom stereocenters. The number of aryl methyl sites for hydroxylation is 2. The average molecular weight is 516 g/mol. The van der Waals surface area contributed by atoms with E-state index >= 15 is 0 Å². The van der Waals surface area contributed by atoms with Gasteiger partial charge in [-0.15, -0.1) is 0 Å². The molecule has 3 aromatic rings. The Labute approximate surface area is 214 Å². The van der Waals surface area contributed by atoms with E-state index in [0.717, 1.165) is 66.7 Å². The zero-order valence-corrected chi connectivity index (χ0v) is 21.0. The number of hydrogen-bond acceptors (Lipinski definition) is 4. The average Bonchev–Trinajstić information content (AvgIpc) is 3.43. The van der Waals surface area contributed by atoms with Crippen molar-refractivity contribution in [2.24, 2.45) is 0 Å². The Kier molecular flexibility index (Phi) is 6.39. The van der Waals surface area contributed by atoms with Gasteiger partial charge in [0.15, 0.2) is 0 Å². The van der Waals surface area contributed by atoms with Crippen LogP contribution >= 0.6 is 0 Å². The summed E-state index contributed by atoms with van der Waals surface area (Å²) in [6.07, 6.45) is 1.63. The van der Waals surface area contributed by atoms with Gasteiger partial charge >= 0.3 is 6.18 Å². The summed E-state index contributed by atoms with van der Waals surface area (Å²) < 4.78 is 53.6. The molecule has 2 N–H and O–H groups in total. The van der Waals surface area contributed by atoms with Crippen LogP contribution in [0.1, 0.15) is 53.9 Å². The zero-order chi connectivity index (χ0) is 25.7. The highest BCUT2D eigenvalue weighted by Crippen LogP contribution is 2.43. The maximum atomic E-state index is 13.7. The smallest absolute Gasteiger partial charge is 0.380 e. The number of alkyl halides is 4. The first kappa shape index (κ1) is 24.7. The van der Waals surface area contributed by atoms with Gasteiger partial charge < -0.3 is 15.2 Å². The molecule has 1 aromatic carbocycles. The number of benzene rings is 1. The molecule has 2 aromatic heterocycles. The molecule has 0 radical (unpaired) electrons. The van der Waals surface area contributed by atoms with Crippen LogP contribution in [0.5, 0.6) is 0 Å². The first-order chi connectivity index (χ1) is 17.8. The number of aromatic nitrogens is 2. The van der Waals surface area contributed by atoms with Crippen molar-refractivity contribution in [3.63, 3.8) is 0 Å². The van der Waals surface area contributed by atoms with Gasteiger partial charge in [0.2, 0.25) is 0 Å². The van der Waals surface area contributed by atoms with E-state index in [0.29, 0.717) is 18.5 Å². The first-order valence-corrected chi connectivity index (χ1v) is 13.3. The van der Waals surface area contributed by atoms with Crippen LogP contribution in [0, 0.1) is 0 Å². The molecule has 0 unspecified atom stereocenters. The van der Waals surface area contributed by atoms with E-state index in [1.54, 1.807) is 6.20 Å². The van der Waals surface area contributed by atoms with Crippen LogP contribution < -0.4 is 5.32 Å². The van der Waals surface area contributed by atoms with Crippen LogP contribution in [-0.4, -0.2) is 70.9 Å². The van der Waals surface area contributed by atoms with E-state index in [9.17, 15) is 17.6 Å². The van der Waals surface area contributed by atoms with E-state index in [-0.39, 0.29) is 18.8 Å². The minimum Gasteiger partial charge on any atom is -0.380 e. The summed E-state index contributed by atoms with van der Waals surface area (Å²) in [6.45, 7) is 3.14. The van der Waals surface area contributed by atoms with Crippen molar-refractivity contribution in [3.05, 3.63) is 58.5 Å². The van der Waals surface area contributed by atoms with Crippen molar-refractivity contribution in [1.82, 2.24) is 19.8 Å². The van der Waals surface area contributed by atoms with Crippen LogP contribution in [0.4, 0.5) is 23.2 Å². The van der Waals surface area contributed by atoms with Crippen molar-refractivity contribution in [2.75, 3.05) is 38.2 Å². The SMILES string of the molecule is C[C@@H]1Cc2c([nH]c3cc4c(cc23)CC4)[C@@H](c2ccc(N[C@H]3CCN(CCCF)C3)cn2)N1CC(F)(F)F. The molecular weight excluding hydrogens is 482 g/mol. The monoisotopic (exact) mass is 515 g/mol. The molecule has 0 spiro atoms. The van der Waals surface area contributed by atoms with Gasteiger partial charge in [0.05, 0.1) is 36.8 Å². The molecule has 1 saturated heterocycles. The molecule has 0 amide bonds. The Balaban J connectivity index is 1.29. The molecule has 9 heteroatoms. The van der Waals surface area contributed by atoms with Gasteiger partial charge in [-0.3, -0.25) is 14.3 Å². The third-order valence-electron chi connectivity index (χ3n) is 8.27. The molecule has 198 valence electrons. The standard InChI is InChI=1S/C28H33F4N5/c1-17-11-23-22-12-18-3-4-19(18)13-25(22)35-26(23)27(37(17)16-28(30,31)32)24-6-5-20(14-33-24)34-21-7-10-36(15-21)9-2-8-29/h5-6,12-14,17,21,27,34-35H,2-4,7-11,15-16H2,1H3/t17-,21+,27-/m1/s1. The highest BCUT2D eigenvalue weighted by molar-refractivity contribution is 5.87. The summed E-state index contributed by atoms with van der Waals surface area (Å²) in [4.78, 5) is 12.0. The first-order valence-electron chi connectivity index (χ1n) is 13.3. The number of H-pyrrole nitrogens is 1. The van der Waals surface area contributed by atoms with Crippen molar-refractivity contribution >= 4 is 16.6 Å². The van der Waals surface area contributed by atoms with Crippen molar-refractivity contribution in [3.8, 4) is 0 Å². The van der Waals surface area contributed by atoms with Gasteiger partial charge in [-0.05, 0) is 80.0 Å². The summed E-state index contributed by atoms with van der Waals surface area (Å²) in [7, 11) is 0. The lowest BCUT2D eigenvalue weighted by molar-refractivity contribution is -0.155. The molecule has 1 aliphatic carbocycles. The van der Waals surface area contributed by atoms with Crippen LogP contribution in [0.15, 0.2) is 30.5 Å². The summed E-state index contributed by atoms with van der Waals surface area (Å²) >= 11 is 0. The van der Waals surface area contributed by atoms with Gasteiger partial charge in [0.1, 0.15) is 0 Å². The summed E-state index contributed by atoms with van der Waals surface area (Å²) in [5.41, 5.74) is 7.08. The molecular formula is C28H33F4N5. The van der Waals surface area contributed by atoms with Gasteiger partial charge in [0, 0.05) is 48.3 Å². The molecule has 6 rings (SSSR count). The third-order valence-corrected chi connectivity index (χ3v) is 8.27. The summed E-state index contributed by atoms with van der Waals surface area (Å²) in [6, 6.07) is 7.54. The van der Waals surface area contributed by atoms with Crippen LogP contribution in [0.2, 0.25) is 0 Å². The lowest BCUT2D eigenvalue weighted by Crippen LogP contribution is -2.47. The molecule has 5 nitrogen and oxygen atoms in total. The molecule has 3 aliphatic rings. The number of likely N-dealkylation sites (tertiary alicyclic amines) is 1.